The molecule has 0 aliphatic carbocycles. The van der Waals surface area contributed by atoms with E-state index in [1.54, 1.807) is 0 Å². The maximum absolute atomic E-state index is 13.7. The molecule has 43 heavy (non-hydrogen) atoms. The molecule has 0 heterocycles. The Balaban J connectivity index is 0.00000862. The number of hydrogen-bond donors (Lipinski definition) is 1. The summed E-state index contributed by atoms with van der Waals surface area (Å²) in [6, 6.07) is 0. The standard InChI is InChI=1S/C26H41F4NO10.C2H6/c1-20-22(27)23(28)24(29)25(30)26(20)41-21(32)2-4-33-6-8-35-10-12-37-14-16-39-18-19-40-17-15-38-13-11-36-9-7-34-5-3-31;1-2/h2-19,31H2,1H3;1-2H3. The monoisotopic (exact) mass is 633 g/mol. The first kappa shape index (κ1) is 41.0. The predicted octanol–water partition coefficient (Wildman–Crippen LogP) is 2.96. The highest BCUT2D eigenvalue weighted by atomic mass is 19.2. The van der Waals surface area contributed by atoms with Crippen molar-refractivity contribution in [2.75, 3.05) is 112 Å². The number of halogens is 4. The van der Waals surface area contributed by atoms with Gasteiger partial charge in [0, 0.05) is 12.1 Å². The van der Waals surface area contributed by atoms with E-state index < -0.39 is 40.6 Å². The lowest BCUT2D eigenvalue weighted by Gasteiger charge is -2.11. The number of nitrogens with two attached hydrogens (primary N) is 1. The minimum atomic E-state index is -2.05. The first-order valence-electron chi connectivity index (χ1n) is 14.2. The van der Waals surface area contributed by atoms with Crippen molar-refractivity contribution in [3.63, 3.8) is 0 Å². The van der Waals surface area contributed by atoms with E-state index in [9.17, 15) is 22.4 Å². The molecule has 2 N–H and O–H groups in total. The lowest BCUT2D eigenvalue weighted by molar-refractivity contribution is -0.136. The molecule has 0 bridgehead atoms. The van der Waals surface area contributed by atoms with Gasteiger partial charge >= 0.3 is 5.97 Å². The second-order valence-corrected chi connectivity index (χ2v) is 8.12. The summed E-state index contributed by atoms with van der Waals surface area (Å²) >= 11 is 0. The highest BCUT2D eigenvalue weighted by molar-refractivity contribution is 5.73. The number of hydrogen-bond acceptors (Lipinski definition) is 11. The quantitative estimate of drug-likeness (QED) is 0.0384. The van der Waals surface area contributed by atoms with Crippen LogP contribution < -0.4 is 10.5 Å². The van der Waals surface area contributed by atoms with Gasteiger partial charge in [-0.15, -0.1) is 0 Å². The van der Waals surface area contributed by atoms with Gasteiger partial charge in [0.1, 0.15) is 0 Å². The van der Waals surface area contributed by atoms with Gasteiger partial charge in [-0.1, -0.05) is 13.8 Å². The van der Waals surface area contributed by atoms with Crippen molar-refractivity contribution in [1.82, 2.24) is 0 Å². The molecular weight excluding hydrogens is 586 g/mol. The molecule has 0 atom stereocenters. The summed E-state index contributed by atoms with van der Waals surface area (Å²) < 4.78 is 101. The minimum absolute atomic E-state index is 0.0962. The molecule has 0 saturated carbocycles. The Morgan fingerprint density at radius 2 is 0.814 bits per heavy atom. The van der Waals surface area contributed by atoms with Gasteiger partial charge in [-0.3, -0.25) is 4.79 Å². The molecule has 0 saturated heterocycles. The third-order valence-electron chi connectivity index (χ3n) is 4.98. The second kappa shape index (κ2) is 28.8. The van der Waals surface area contributed by atoms with Crippen LogP contribution in [-0.4, -0.2) is 118 Å². The van der Waals surface area contributed by atoms with Crippen molar-refractivity contribution in [2.45, 2.75) is 27.2 Å². The van der Waals surface area contributed by atoms with E-state index >= 15 is 0 Å². The Hall–Kier alpha value is -1.95. The summed E-state index contributed by atoms with van der Waals surface area (Å²) in [7, 11) is 0. The van der Waals surface area contributed by atoms with Crippen molar-refractivity contribution in [3.05, 3.63) is 28.8 Å². The highest BCUT2D eigenvalue weighted by Crippen LogP contribution is 2.30. The maximum atomic E-state index is 13.7. The lowest BCUT2D eigenvalue weighted by Crippen LogP contribution is -2.16. The largest absolute Gasteiger partial charge is 0.423 e. The lowest BCUT2D eigenvalue weighted by atomic mass is 10.2. The highest BCUT2D eigenvalue weighted by Gasteiger charge is 2.25. The fourth-order valence-electron chi connectivity index (χ4n) is 2.89. The van der Waals surface area contributed by atoms with Gasteiger partial charge in [0.05, 0.1) is 112 Å². The Morgan fingerprint density at radius 3 is 1.16 bits per heavy atom. The molecule has 0 amide bonds. The van der Waals surface area contributed by atoms with Gasteiger partial charge in [-0.05, 0) is 6.92 Å². The zero-order chi connectivity index (χ0) is 32.1. The molecule has 1 aromatic rings. The Bertz CT molecular complexity index is 810. The molecule has 11 nitrogen and oxygen atoms in total. The van der Waals surface area contributed by atoms with Crippen LogP contribution in [0.25, 0.3) is 0 Å². The fourth-order valence-corrected chi connectivity index (χ4v) is 2.89. The molecule has 252 valence electrons. The van der Waals surface area contributed by atoms with E-state index in [-0.39, 0.29) is 26.2 Å². The van der Waals surface area contributed by atoms with Crippen molar-refractivity contribution < 1.29 is 65.0 Å². The number of carbonyl (C=O) groups is 1. The molecule has 0 unspecified atom stereocenters. The third kappa shape index (κ3) is 20.6. The normalized spacial score (nSPS) is 11.0. The topological polar surface area (TPSA) is 126 Å². The minimum Gasteiger partial charge on any atom is -0.423 e. The number of carbonyl (C=O) groups excluding carboxylic acids is 1. The van der Waals surface area contributed by atoms with Crippen LogP contribution in [0.15, 0.2) is 0 Å². The van der Waals surface area contributed by atoms with E-state index in [1.165, 1.54) is 0 Å². The molecular formula is C28H47F4NO10. The van der Waals surface area contributed by atoms with Gasteiger partial charge < -0.3 is 48.4 Å². The van der Waals surface area contributed by atoms with Crippen LogP contribution in [0.3, 0.4) is 0 Å². The molecule has 0 aromatic heterocycles. The summed E-state index contributed by atoms with van der Waals surface area (Å²) in [6.45, 7) is 11.6. The molecule has 1 rings (SSSR count). The van der Waals surface area contributed by atoms with Gasteiger partial charge in [-0.2, -0.15) is 4.39 Å². The summed E-state index contributed by atoms with van der Waals surface area (Å²) in [5.41, 5.74) is 4.66. The molecule has 0 spiro atoms. The van der Waals surface area contributed by atoms with Crippen LogP contribution in [0.5, 0.6) is 5.75 Å². The van der Waals surface area contributed by atoms with Crippen molar-refractivity contribution in [2.24, 2.45) is 5.73 Å². The smallest absolute Gasteiger partial charge is 0.313 e. The van der Waals surface area contributed by atoms with Crippen LogP contribution in [0, 0.1) is 30.2 Å². The van der Waals surface area contributed by atoms with Crippen molar-refractivity contribution in [3.8, 4) is 5.75 Å². The first-order chi connectivity index (χ1) is 20.9. The van der Waals surface area contributed by atoms with E-state index in [1.807, 2.05) is 13.8 Å². The zero-order valence-corrected chi connectivity index (χ0v) is 25.4. The summed E-state index contributed by atoms with van der Waals surface area (Å²) in [5.74, 6) is -9.41. The molecule has 15 heteroatoms. The maximum Gasteiger partial charge on any atom is 0.313 e. The SMILES string of the molecule is CC.Cc1c(F)c(F)c(F)c(F)c1OC(=O)CCOCCOCCOCCOCCOCCOCCOCCOCCN. The van der Waals surface area contributed by atoms with Gasteiger partial charge in [-0.25, -0.2) is 13.2 Å². The van der Waals surface area contributed by atoms with E-state index in [4.69, 9.17) is 43.6 Å². The molecule has 0 fully saturated rings. The average molecular weight is 634 g/mol. The van der Waals surface area contributed by atoms with Crippen LogP contribution in [0.1, 0.15) is 25.8 Å². The first-order valence-corrected chi connectivity index (χ1v) is 14.2. The predicted molar refractivity (Wildman–Crippen MR) is 148 cm³/mol. The fraction of sp³-hybridized carbons (Fsp3) is 0.750. The average Bonchev–Trinajstić information content (AvgIpc) is 3.02. The van der Waals surface area contributed by atoms with E-state index in [2.05, 4.69) is 4.74 Å². The third-order valence-corrected chi connectivity index (χ3v) is 4.98. The number of esters is 1. The molecule has 1 aromatic carbocycles. The van der Waals surface area contributed by atoms with Crippen molar-refractivity contribution in [1.29, 1.82) is 0 Å². The number of ether oxygens (including phenoxy) is 9. The van der Waals surface area contributed by atoms with Gasteiger partial charge in [0.25, 0.3) is 0 Å². The molecule has 0 aliphatic heterocycles. The Labute approximate surface area is 251 Å². The summed E-state index contributed by atoms with van der Waals surface area (Å²) in [4.78, 5) is 11.8. The van der Waals surface area contributed by atoms with Crippen LogP contribution in [-0.2, 0) is 42.7 Å². The van der Waals surface area contributed by atoms with Crippen LogP contribution >= 0.6 is 0 Å². The zero-order valence-electron chi connectivity index (χ0n) is 25.4. The van der Waals surface area contributed by atoms with Gasteiger partial charge in [0.2, 0.25) is 11.6 Å². The molecule has 0 radical (unpaired) electrons. The molecule has 0 aliphatic rings. The number of benzene rings is 1. The van der Waals surface area contributed by atoms with Crippen molar-refractivity contribution >= 4 is 5.97 Å². The number of rotatable bonds is 27. The second-order valence-electron chi connectivity index (χ2n) is 8.12. The van der Waals surface area contributed by atoms with Crippen LogP contribution in [0.2, 0.25) is 0 Å². The summed E-state index contributed by atoms with van der Waals surface area (Å²) in [6.07, 6.45) is -0.316. The van der Waals surface area contributed by atoms with E-state index in [0.29, 0.717) is 92.4 Å². The van der Waals surface area contributed by atoms with Crippen LogP contribution in [0.4, 0.5) is 17.6 Å². The Kier molecular flexibility index (Phi) is 27.5. The van der Waals surface area contributed by atoms with Gasteiger partial charge in [0.15, 0.2) is 17.4 Å². The van der Waals surface area contributed by atoms with E-state index in [0.717, 1.165) is 6.92 Å². The summed E-state index contributed by atoms with van der Waals surface area (Å²) in [5, 5.41) is 0. The Morgan fingerprint density at radius 1 is 0.512 bits per heavy atom.